The Hall–Kier alpha value is -2.03. The van der Waals surface area contributed by atoms with Crippen LogP contribution >= 0.6 is 0 Å². The third kappa shape index (κ3) is 2.94. The molecule has 2 aromatic carbocycles. The quantitative estimate of drug-likeness (QED) is 0.846. The molecule has 0 unspecified atom stereocenters. The van der Waals surface area contributed by atoms with Gasteiger partial charge in [-0.1, -0.05) is 24.3 Å². The van der Waals surface area contributed by atoms with Gasteiger partial charge in [0, 0.05) is 42.8 Å². The van der Waals surface area contributed by atoms with Gasteiger partial charge in [-0.15, -0.1) is 0 Å². The molecule has 0 saturated heterocycles. The van der Waals surface area contributed by atoms with E-state index in [1.165, 1.54) is 0 Å². The summed E-state index contributed by atoms with van der Waals surface area (Å²) in [7, 11) is 4.03. The molecule has 0 atom stereocenters. The zero-order valence-electron chi connectivity index (χ0n) is 14.4. The molecule has 1 amide bonds. The Morgan fingerprint density at radius 2 is 1.45 bits per heavy atom. The van der Waals surface area contributed by atoms with Crippen LogP contribution in [0.4, 0.5) is 5.69 Å². The lowest BCUT2D eigenvalue weighted by Crippen LogP contribution is -2.42. The topological polar surface area (TPSA) is 23.6 Å². The SMILES string of the molecule is CC(C)N(C(=O)c1cccc2cccc(N(C)C)c12)C(C)C. The molecule has 0 N–H and O–H groups in total. The molecule has 0 aliphatic carbocycles. The fourth-order valence-corrected chi connectivity index (χ4v) is 3.08. The Bertz CT molecular complexity index is 661. The second-order valence-corrected chi connectivity index (χ2v) is 6.48. The first-order valence-corrected chi connectivity index (χ1v) is 7.86. The molecule has 118 valence electrons. The first kappa shape index (κ1) is 16.3. The molecule has 0 radical (unpaired) electrons. The van der Waals surface area contributed by atoms with Gasteiger partial charge in [-0.05, 0) is 45.2 Å². The molecule has 22 heavy (non-hydrogen) atoms. The Morgan fingerprint density at radius 1 is 0.909 bits per heavy atom. The van der Waals surface area contributed by atoms with Crippen molar-refractivity contribution in [3.05, 3.63) is 42.0 Å². The van der Waals surface area contributed by atoms with Gasteiger partial charge in [-0.3, -0.25) is 4.79 Å². The molecular formula is C19H26N2O. The van der Waals surface area contributed by atoms with Crippen LogP contribution in [0, 0.1) is 0 Å². The van der Waals surface area contributed by atoms with Gasteiger partial charge in [0.15, 0.2) is 0 Å². The van der Waals surface area contributed by atoms with Crippen LogP contribution in [0.5, 0.6) is 0 Å². The Balaban J connectivity index is 2.67. The van der Waals surface area contributed by atoms with Crippen LogP contribution in [0.2, 0.25) is 0 Å². The Kier molecular flexibility index (Phi) is 4.74. The summed E-state index contributed by atoms with van der Waals surface area (Å²) in [6, 6.07) is 12.5. The predicted molar refractivity (Wildman–Crippen MR) is 94.7 cm³/mol. The van der Waals surface area contributed by atoms with Crippen LogP contribution in [0.1, 0.15) is 38.1 Å². The summed E-state index contributed by atoms with van der Waals surface area (Å²) >= 11 is 0. The maximum atomic E-state index is 13.1. The zero-order chi connectivity index (χ0) is 16.4. The van der Waals surface area contributed by atoms with Gasteiger partial charge in [0.05, 0.1) is 0 Å². The number of nitrogens with zero attached hydrogens (tertiary/aromatic N) is 2. The summed E-state index contributed by atoms with van der Waals surface area (Å²) in [5, 5.41) is 2.14. The van der Waals surface area contributed by atoms with Crippen LogP contribution < -0.4 is 4.90 Å². The molecule has 3 nitrogen and oxygen atoms in total. The Morgan fingerprint density at radius 3 is 1.95 bits per heavy atom. The number of anilines is 1. The first-order chi connectivity index (χ1) is 10.3. The van der Waals surface area contributed by atoms with E-state index in [1.54, 1.807) is 0 Å². The summed E-state index contributed by atoms with van der Waals surface area (Å²) < 4.78 is 0. The molecule has 2 rings (SSSR count). The molecule has 0 bridgehead atoms. The van der Waals surface area contributed by atoms with Crippen molar-refractivity contribution in [3.8, 4) is 0 Å². The van der Waals surface area contributed by atoms with E-state index < -0.39 is 0 Å². The van der Waals surface area contributed by atoms with Gasteiger partial charge in [-0.2, -0.15) is 0 Å². The van der Waals surface area contributed by atoms with E-state index in [2.05, 4.69) is 50.8 Å². The maximum Gasteiger partial charge on any atom is 0.255 e. The summed E-state index contributed by atoms with van der Waals surface area (Å²) in [5.41, 5.74) is 1.86. The first-order valence-electron chi connectivity index (χ1n) is 7.86. The molecule has 0 aromatic heterocycles. The number of amides is 1. The van der Waals surface area contributed by atoms with E-state index in [1.807, 2.05) is 37.2 Å². The largest absolute Gasteiger partial charge is 0.377 e. The predicted octanol–water partition coefficient (Wildman–Crippen LogP) is 4.16. The van der Waals surface area contributed by atoms with Crippen molar-refractivity contribution in [2.45, 2.75) is 39.8 Å². The normalized spacial score (nSPS) is 11.3. The summed E-state index contributed by atoms with van der Waals surface area (Å²) in [6.45, 7) is 8.26. The second kappa shape index (κ2) is 6.39. The highest BCUT2D eigenvalue weighted by molar-refractivity contribution is 6.11. The van der Waals surface area contributed by atoms with Crippen LogP contribution in [0.25, 0.3) is 10.8 Å². The minimum atomic E-state index is 0.102. The van der Waals surface area contributed by atoms with Crippen molar-refractivity contribution in [1.29, 1.82) is 0 Å². The van der Waals surface area contributed by atoms with Crippen molar-refractivity contribution in [2.75, 3.05) is 19.0 Å². The highest BCUT2D eigenvalue weighted by Crippen LogP contribution is 2.30. The smallest absolute Gasteiger partial charge is 0.255 e. The molecule has 0 aliphatic rings. The van der Waals surface area contributed by atoms with Crippen LogP contribution in [0.3, 0.4) is 0 Å². The number of hydrogen-bond acceptors (Lipinski definition) is 2. The summed E-state index contributed by atoms with van der Waals surface area (Å²) in [6.07, 6.45) is 0. The molecule has 0 heterocycles. The molecular weight excluding hydrogens is 272 g/mol. The van der Waals surface area contributed by atoms with E-state index in [-0.39, 0.29) is 18.0 Å². The lowest BCUT2D eigenvalue weighted by atomic mass is 10.00. The van der Waals surface area contributed by atoms with Crippen molar-refractivity contribution < 1.29 is 4.79 Å². The highest BCUT2D eigenvalue weighted by atomic mass is 16.2. The number of fused-ring (bicyclic) bond motifs is 1. The average molecular weight is 298 g/mol. The molecule has 0 aliphatic heterocycles. The minimum Gasteiger partial charge on any atom is -0.377 e. The minimum absolute atomic E-state index is 0.102. The molecule has 0 spiro atoms. The van der Waals surface area contributed by atoms with Gasteiger partial charge >= 0.3 is 0 Å². The molecule has 2 aromatic rings. The van der Waals surface area contributed by atoms with Crippen molar-refractivity contribution in [1.82, 2.24) is 4.90 Å². The third-order valence-electron chi connectivity index (χ3n) is 3.94. The van der Waals surface area contributed by atoms with Crippen LogP contribution in [0.15, 0.2) is 36.4 Å². The van der Waals surface area contributed by atoms with Crippen LogP contribution in [-0.4, -0.2) is 37.0 Å². The molecule has 0 fully saturated rings. The average Bonchev–Trinajstić information content (AvgIpc) is 2.44. The fraction of sp³-hybridized carbons (Fsp3) is 0.421. The standard InChI is InChI=1S/C19H26N2O/c1-13(2)21(14(3)4)19(22)16-11-7-9-15-10-8-12-17(18(15)16)20(5)6/h7-14H,1-6H3. The van der Waals surface area contributed by atoms with Crippen molar-refractivity contribution in [2.24, 2.45) is 0 Å². The highest BCUT2D eigenvalue weighted by Gasteiger charge is 2.24. The molecule has 0 saturated carbocycles. The van der Waals surface area contributed by atoms with E-state index in [0.717, 1.165) is 22.0 Å². The number of benzene rings is 2. The monoisotopic (exact) mass is 298 g/mol. The fourth-order valence-electron chi connectivity index (χ4n) is 3.08. The maximum absolute atomic E-state index is 13.1. The molecule has 3 heteroatoms. The number of carbonyl (C=O) groups is 1. The Labute approximate surface area is 133 Å². The number of hydrogen-bond donors (Lipinski definition) is 0. The lowest BCUT2D eigenvalue weighted by Gasteiger charge is -2.31. The van der Waals surface area contributed by atoms with Gasteiger partial charge in [0.1, 0.15) is 0 Å². The lowest BCUT2D eigenvalue weighted by molar-refractivity contribution is 0.0646. The van der Waals surface area contributed by atoms with E-state index >= 15 is 0 Å². The number of rotatable bonds is 4. The van der Waals surface area contributed by atoms with E-state index in [9.17, 15) is 4.79 Å². The van der Waals surface area contributed by atoms with Gasteiger partial charge in [0.25, 0.3) is 5.91 Å². The number of carbonyl (C=O) groups excluding carboxylic acids is 1. The van der Waals surface area contributed by atoms with Crippen molar-refractivity contribution in [3.63, 3.8) is 0 Å². The third-order valence-corrected chi connectivity index (χ3v) is 3.94. The summed E-state index contributed by atoms with van der Waals surface area (Å²) in [4.78, 5) is 17.1. The van der Waals surface area contributed by atoms with E-state index in [4.69, 9.17) is 0 Å². The van der Waals surface area contributed by atoms with Crippen LogP contribution in [-0.2, 0) is 0 Å². The second-order valence-electron chi connectivity index (χ2n) is 6.48. The van der Waals surface area contributed by atoms with E-state index in [0.29, 0.717) is 0 Å². The summed E-state index contributed by atoms with van der Waals surface area (Å²) in [5.74, 6) is 0.102. The van der Waals surface area contributed by atoms with Gasteiger partial charge in [0.2, 0.25) is 0 Å². The van der Waals surface area contributed by atoms with Gasteiger partial charge in [-0.25, -0.2) is 0 Å². The van der Waals surface area contributed by atoms with Crippen molar-refractivity contribution >= 4 is 22.4 Å². The van der Waals surface area contributed by atoms with Gasteiger partial charge < -0.3 is 9.80 Å². The zero-order valence-corrected chi connectivity index (χ0v) is 14.4.